The van der Waals surface area contributed by atoms with E-state index < -0.39 is 90.9 Å². The van der Waals surface area contributed by atoms with Crippen molar-refractivity contribution in [1.82, 2.24) is 0 Å². The third-order valence-electron chi connectivity index (χ3n) is 8.90. The maximum absolute atomic E-state index is 13.5. The minimum atomic E-state index is -4.93. The standard InChI is InChI=1S/C38H33N9O20S4/c1-18(50)39-20-2-7-24(32(14-20)71(59,60)61)40-41-25-16-29(63-11-9-49)26(17-28(25)62-10-8-48)42-44-33-30(69-67-65-56)12-19-13-31(70(57)58)27(15-23(19)36(33)51)43-45-34-35(38(53)54)46-47(37(34)52)21-3-5-22(6-4-21)68-66-64-55/h2-7,12-17,34,48-49,51,55-56H,8-11H2,1H3,(H,39,50)(H,53,54)(H,57,58)(H,59,60,61). The van der Waals surface area contributed by atoms with Gasteiger partial charge in [0.2, 0.25) is 6.04 Å². The molecule has 0 spiro atoms. The number of nitrogens with zero attached hydrogens (tertiary/aromatic N) is 9. The molecule has 6 rings (SSSR count). The highest BCUT2D eigenvalue weighted by atomic mass is 32.2. The number of hydrogen-bond acceptors (Lipinski definition) is 26. The van der Waals surface area contributed by atoms with E-state index in [0.29, 0.717) is 16.9 Å². The number of aliphatic carboxylic acids is 1. The van der Waals surface area contributed by atoms with Gasteiger partial charge in [0.25, 0.3) is 16.0 Å². The summed E-state index contributed by atoms with van der Waals surface area (Å²) in [5.74, 6) is -4.14. The Morgan fingerprint density at radius 1 is 0.817 bits per heavy atom. The molecule has 0 aromatic heterocycles. The second kappa shape index (κ2) is 24.2. The molecule has 29 nitrogen and oxygen atoms in total. The molecular formula is C38H33N9O20S4. The number of rotatable bonds is 23. The first-order chi connectivity index (χ1) is 34.0. The number of fused-ring (bicyclic) bond motifs is 1. The van der Waals surface area contributed by atoms with Gasteiger partial charge in [0, 0.05) is 29.3 Å². The number of ether oxygens (including phenoxy) is 2. The van der Waals surface area contributed by atoms with Gasteiger partial charge in [-0.2, -0.15) is 28.8 Å². The molecule has 0 saturated heterocycles. The molecule has 71 heavy (non-hydrogen) atoms. The van der Waals surface area contributed by atoms with Crippen LogP contribution >= 0.6 is 24.1 Å². The van der Waals surface area contributed by atoms with E-state index in [2.05, 4.69) is 59.5 Å². The van der Waals surface area contributed by atoms with Crippen molar-refractivity contribution in [2.24, 2.45) is 40.8 Å². The first-order valence-electron chi connectivity index (χ1n) is 19.2. The molecule has 0 bridgehead atoms. The molecule has 0 saturated carbocycles. The van der Waals surface area contributed by atoms with Crippen LogP contribution in [0.2, 0.25) is 0 Å². The molecule has 9 N–H and O–H groups in total. The van der Waals surface area contributed by atoms with Crippen LogP contribution in [0.1, 0.15) is 6.92 Å². The van der Waals surface area contributed by atoms with Crippen molar-refractivity contribution >= 4 is 119 Å². The van der Waals surface area contributed by atoms with Gasteiger partial charge in [-0.25, -0.2) is 24.5 Å². The van der Waals surface area contributed by atoms with Gasteiger partial charge in [0.1, 0.15) is 58.0 Å². The zero-order chi connectivity index (χ0) is 51.4. The minimum Gasteiger partial charge on any atom is -0.505 e. The third kappa shape index (κ3) is 13.3. The topological polar surface area (TPSA) is 425 Å². The summed E-state index contributed by atoms with van der Waals surface area (Å²) in [7, 11) is -4.93. The monoisotopic (exact) mass is 1060 g/mol. The summed E-state index contributed by atoms with van der Waals surface area (Å²) in [6.45, 7) is -0.492. The van der Waals surface area contributed by atoms with E-state index in [1.165, 1.54) is 55.5 Å². The van der Waals surface area contributed by atoms with Gasteiger partial charge in [-0.05, 0) is 66.0 Å². The Bertz CT molecular complexity index is 3120. The molecule has 2 unspecified atom stereocenters. The number of aliphatic hydroxyl groups is 3. The van der Waals surface area contributed by atoms with Crippen LogP contribution in [0, 0.1) is 0 Å². The number of benzene rings is 5. The Morgan fingerprint density at radius 3 is 2.01 bits per heavy atom. The number of azo groups is 3. The highest BCUT2D eigenvalue weighted by Gasteiger charge is 2.41. The molecule has 1 aliphatic rings. The average Bonchev–Trinajstić information content (AvgIpc) is 3.67. The second-order valence-corrected chi connectivity index (χ2v) is 17.3. The summed E-state index contributed by atoms with van der Waals surface area (Å²) in [5.41, 5.74) is -2.38. The number of carbonyl (C=O) groups is 2. The van der Waals surface area contributed by atoms with Crippen LogP contribution in [0.5, 0.6) is 17.2 Å². The van der Waals surface area contributed by atoms with Crippen LogP contribution in [-0.2, 0) is 49.5 Å². The van der Waals surface area contributed by atoms with Gasteiger partial charge in [0.15, 0.2) is 28.4 Å². The van der Waals surface area contributed by atoms with E-state index in [1.54, 1.807) is 0 Å². The molecule has 374 valence electrons. The summed E-state index contributed by atoms with van der Waals surface area (Å²) in [5, 5.41) is 104. The van der Waals surface area contributed by atoms with Crippen molar-refractivity contribution in [3.05, 3.63) is 72.8 Å². The fraction of sp³-hybridized carbons (Fsp3) is 0.158. The lowest BCUT2D eigenvalue weighted by Gasteiger charge is -2.14. The number of aromatic hydroxyl groups is 1. The van der Waals surface area contributed by atoms with Crippen molar-refractivity contribution in [2.45, 2.75) is 32.5 Å². The molecular weight excluding hydrogens is 1030 g/mol. The van der Waals surface area contributed by atoms with E-state index in [0.717, 1.165) is 29.3 Å². The SMILES string of the molecule is CC(O)=Nc1ccc(N=Nc2cc(OCCO)c(N=Nc3c(SOOO)cc4cc(S(=O)O)c(N=NC5C(=O)N(c6ccc(SOOO)cc6)N=C5C(=O)O)cc4c3O)cc2OCCO)c(S(=O)(=O)O)c1. The maximum atomic E-state index is 13.5. The van der Waals surface area contributed by atoms with Crippen LogP contribution in [0.25, 0.3) is 10.8 Å². The van der Waals surface area contributed by atoms with Gasteiger partial charge >= 0.3 is 5.97 Å². The summed E-state index contributed by atoms with van der Waals surface area (Å²) in [6.07, 6.45) is 0. The molecule has 0 radical (unpaired) electrons. The quantitative estimate of drug-likeness (QED) is 0.00451. The van der Waals surface area contributed by atoms with Crippen LogP contribution in [0.4, 0.5) is 39.8 Å². The molecule has 33 heteroatoms. The zero-order valence-electron chi connectivity index (χ0n) is 35.5. The first kappa shape index (κ1) is 53.4. The molecule has 1 amide bonds. The fourth-order valence-electron chi connectivity index (χ4n) is 6.00. The lowest BCUT2D eigenvalue weighted by atomic mass is 10.1. The van der Waals surface area contributed by atoms with E-state index in [4.69, 9.17) is 20.0 Å². The van der Waals surface area contributed by atoms with Crippen LogP contribution in [-0.4, -0.2) is 114 Å². The number of phenolic OH excluding ortho intramolecular Hbond substituents is 1. The smallest absolute Gasteiger partial charge is 0.355 e. The van der Waals surface area contributed by atoms with Crippen LogP contribution in [0.3, 0.4) is 0 Å². The molecule has 0 aliphatic carbocycles. The number of hydrazone groups is 1. The average molecular weight is 1060 g/mol. The Hall–Kier alpha value is -6.96. The van der Waals surface area contributed by atoms with Crippen LogP contribution in [0.15, 0.2) is 133 Å². The molecule has 1 heterocycles. The normalized spacial score (nSPS) is 14.9. The number of aliphatic imine (C=N–C) groups is 1. The molecule has 5 aromatic rings. The second-order valence-electron chi connectivity index (χ2n) is 13.5. The summed E-state index contributed by atoms with van der Waals surface area (Å²) in [4.78, 5) is 28.5. The number of anilines is 1. The molecule has 0 fully saturated rings. The summed E-state index contributed by atoms with van der Waals surface area (Å²) >= 11 is -1.94. The van der Waals surface area contributed by atoms with Gasteiger partial charge in [-0.3, -0.25) is 9.35 Å². The van der Waals surface area contributed by atoms with Crippen molar-refractivity contribution in [1.29, 1.82) is 0 Å². The van der Waals surface area contributed by atoms with Crippen LogP contribution < -0.4 is 14.5 Å². The van der Waals surface area contributed by atoms with Crippen molar-refractivity contribution in [3.63, 3.8) is 0 Å². The minimum absolute atomic E-state index is 0.0136. The Labute approximate surface area is 408 Å². The van der Waals surface area contributed by atoms with Crippen molar-refractivity contribution < 1.29 is 95.6 Å². The largest absolute Gasteiger partial charge is 0.505 e. The van der Waals surface area contributed by atoms with E-state index in [1.807, 2.05) is 0 Å². The highest BCUT2D eigenvalue weighted by molar-refractivity contribution is 7.95. The lowest BCUT2D eigenvalue weighted by molar-refractivity contribution is -0.432. The predicted octanol–water partition coefficient (Wildman–Crippen LogP) is 7.35. The molecule has 1 aliphatic heterocycles. The Balaban J connectivity index is 1.42. The van der Waals surface area contributed by atoms with Gasteiger partial charge in [-0.15, -0.1) is 29.1 Å². The Morgan fingerprint density at radius 2 is 1.44 bits per heavy atom. The number of aliphatic hydroxyl groups excluding tert-OH is 3. The lowest BCUT2D eigenvalue weighted by Crippen LogP contribution is -2.33. The molecule has 2 atom stereocenters. The first-order valence-corrected chi connectivity index (χ1v) is 23.3. The Kier molecular flexibility index (Phi) is 18.2. The predicted molar refractivity (Wildman–Crippen MR) is 245 cm³/mol. The van der Waals surface area contributed by atoms with Gasteiger partial charge < -0.3 is 39.6 Å². The van der Waals surface area contributed by atoms with E-state index in [-0.39, 0.29) is 80.9 Å². The number of carbonyl (C=O) groups excluding carboxylic acids is 1. The third-order valence-corrected chi connectivity index (χ3v) is 11.7. The highest BCUT2D eigenvalue weighted by Crippen LogP contribution is 2.48. The van der Waals surface area contributed by atoms with E-state index >= 15 is 0 Å². The maximum Gasteiger partial charge on any atom is 0.355 e. The number of carboxylic acid groups (broad SMARTS) is 1. The van der Waals surface area contributed by atoms with Gasteiger partial charge in [-0.1, -0.05) is 10.1 Å². The number of hydrogen-bond donors (Lipinski definition) is 9. The van der Waals surface area contributed by atoms with Crippen molar-refractivity contribution in [3.8, 4) is 17.2 Å². The number of carboxylic acids is 1. The fourth-order valence-corrected chi connectivity index (χ4v) is 8.00. The number of amides is 1. The zero-order valence-corrected chi connectivity index (χ0v) is 38.8. The summed E-state index contributed by atoms with van der Waals surface area (Å²) < 4.78 is 77.6. The number of phenols is 1. The van der Waals surface area contributed by atoms with E-state index in [9.17, 15) is 56.9 Å². The molecule has 5 aromatic carbocycles. The van der Waals surface area contributed by atoms with Gasteiger partial charge in [0.05, 0.1) is 58.5 Å². The van der Waals surface area contributed by atoms with Crippen molar-refractivity contribution in [2.75, 3.05) is 31.4 Å². The summed E-state index contributed by atoms with van der Waals surface area (Å²) in [6, 6.07) is 12.7.